The van der Waals surface area contributed by atoms with Crippen molar-refractivity contribution in [1.29, 1.82) is 0 Å². The molecule has 0 bridgehead atoms. The molecule has 1 amide bonds. The van der Waals surface area contributed by atoms with Crippen LogP contribution in [0, 0.1) is 6.92 Å². The number of nitrogens with zero attached hydrogens (tertiary/aromatic N) is 5. The first-order chi connectivity index (χ1) is 13.0. The molecule has 8 nitrogen and oxygen atoms in total. The van der Waals surface area contributed by atoms with Gasteiger partial charge in [-0.15, -0.1) is 0 Å². The van der Waals surface area contributed by atoms with Gasteiger partial charge in [0.05, 0.1) is 18.9 Å². The molecule has 0 aromatic carbocycles. The second-order valence-corrected chi connectivity index (χ2v) is 6.98. The zero-order chi connectivity index (χ0) is 19.4. The highest BCUT2D eigenvalue weighted by Crippen LogP contribution is 2.21. The van der Waals surface area contributed by atoms with Crippen LogP contribution in [0.3, 0.4) is 0 Å². The number of rotatable bonds is 6. The van der Waals surface area contributed by atoms with Crippen LogP contribution in [0.4, 0.5) is 5.95 Å². The molecule has 27 heavy (non-hydrogen) atoms. The number of carbonyl (C=O) groups excluding carboxylic acids is 1. The first kappa shape index (κ1) is 19.1. The van der Waals surface area contributed by atoms with E-state index in [1.165, 1.54) is 0 Å². The van der Waals surface area contributed by atoms with E-state index in [0.717, 1.165) is 25.0 Å². The summed E-state index contributed by atoms with van der Waals surface area (Å²) in [6.07, 6.45) is 6.07. The maximum atomic E-state index is 12.9. The lowest BCUT2D eigenvalue weighted by Crippen LogP contribution is -2.42. The summed E-state index contributed by atoms with van der Waals surface area (Å²) in [5.41, 5.74) is 1.65. The molecule has 0 unspecified atom stereocenters. The van der Waals surface area contributed by atoms with Gasteiger partial charge in [-0.05, 0) is 33.1 Å². The highest BCUT2D eigenvalue weighted by molar-refractivity contribution is 5.95. The van der Waals surface area contributed by atoms with Gasteiger partial charge in [-0.1, -0.05) is 6.92 Å². The van der Waals surface area contributed by atoms with Gasteiger partial charge in [0.25, 0.3) is 5.91 Å². The van der Waals surface area contributed by atoms with Crippen molar-refractivity contribution < 1.29 is 9.53 Å². The van der Waals surface area contributed by atoms with Crippen LogP contribution in [0.25, 0.3) is 0 Å². The first-order valence-corrected chi connectivity index (χ1v) is 9.50. The van der Waals surface area contributed by atoms with E-state index in [0.29, 0.717) is 36.5 Å². The van der Waals surface area contributed by atoms with Crippen molar-refractivity contribution in [3.63, 3.8) is 0 Å². The molecular formula is C19H28N6O2. The maximum Gasteiger partial charge on any atom is 0.257 e. The van der Waals surface area contributed by atoms with Crippen molar-refractivity contribution in [3.8, 4) is 5.88 Å². The normalized spacial score (nSPS) is 16.2. The summed E-state index contributed by atoms with van der Waals surface area (Å²) < 4.78 is 7.07. The monoisotopic (exact) mass is 372 g/mol. The second-order valence-electron chi connectivity index (χ2n) is 6.98. The Morgan fingerprint density at radius 1 is 1.41 bits per heavy atom. The minimum absolute atomic E-state index is 0.0677. The smallest absolute Gasteiger partial charge is 0.257 e. The summed E-state index contributed by atoms with van der Waals surface area (Å²) in [6, 6.07) is 2.25. The standard InChI is InChI=1S/C19H28N6O2/c1-5-13(2)25-14(3)16(12-21-25)18(26)24-10-7-15(8-11-24)22-19-20-9-6-17(23-19)27-4/h6,9,12-13,15H,5,7-8,10-11H2,1-4H3,(H,20,22,23)/t13-/m0/s1. The van der Waals surface area contributed by atoms with Crippen molar-refractivity contribution >= 4 is 11.9 Å². The number of nitrogens with one attached hydrogen (secondary N) is 1. The molecule has 2 aromatic heterocycles. The SMILES string of the molecule is CC[C@H](C)n1ncc(C(=O)N2CCC(Nc3nccc(OC)n3)CC2)c1C. The molecule has 0 saturated carbocycles. The van der Waals surface area contributed by atoms with Gasteiger partial charge in [0.2, 0.25) is 11.8 Å². The molecular weight excluding hydrogens is 344 g/mol. The molecule has 1 N–H and O–H groups in total. The highest BCUT2D eigenvalue weighted by atomic mass is 16.5. The van der Waals surface area contributed by atoms with Gasteiger partial charge in [0.15, 0.2) is 0 Å². The molecule has 2 aromatic rings. The van der Waals surface area contributed by atoms with Gasteiger partial charge in [-0.2, -0.15) is 10.1 Å². The molecule has 1 saturated heterocycles. The summed E-state index contributed by atoms with van der Waals surface area (Å²) in [6.45, 7) is 7.62. The van der Waals surface area contributed by atoms with Crippen LogP contribution < -0.4 is 10.1 Å². The van der Waals surface area contributed by atoms with Gasteiger partial charge >= 0.3 is 0 Å². The first-order valence-electron chi connectivity index (χ1n) is 9.50. The van der Waals surface area contributed by atoms with Crippen LogP contribution in [0.1, 0.15) is 55.2 Å². The summed E-state index contributed by atoms with van der Waals surface area (Å²) in [5.74, 6) is 1.16. The number of likely N-dealkylation sites (tertiary alicyclic amines) is 1. The summed E-state index contributed by atoms with van der Waals surface area (Å²) in [4.78, 5) is 23.3. The zero-order valence-corrected chi connectivity index (χ0v) is 16.5. The average Bonchev–Trinajstić information content (AvgIpc) is 3.09. The Balaban J connectivity index is 1.59. The Morgan fingerprint density at radius 3 is 2.81 bits per heavy atom. The van der Waals surface area contributed by atoms with E-state index in [1.807, 2.05) is 16.5 Å². The molecule has 0 spiro atoms. The van der Waals surface area contributed by atoms with E-state index in [1.54, 1.807) is 25.6 Å². The predicted octanol–water partition coefficient (Wildman–Crippen LogP) is 2.68. The fraction of sp³-hybridized carbons (Fsp3) is 0.579. The Kier molecular flexibility index (Phi) is 5.93. The van der Waals surface area contributed by atoms with Crippen LogP contribution in [0.2, 0.25) is 0 Å². The number of carbonyl (C=O) groups is 1. The van der Waals surface area contributed by atoms with Crippen LogP contribution in [0.5, 0.6) is 5.88 Å². The summed E-state index contributed by atoms with van der Waals surface area (Å²) in [5, 5.41) is 7.75. The van der Waals surface area contributed by atoms with Crippen molar-refractivity contribution in [2.75, 3.05) is 25.5 Å². The van der Waals surface area contributed by atoms with Crippen molar-refractivity contribution in [2.45, 2.75) is 52.1 Å². The van der Waals surface area contributed by atoms with E-state index in [2.05, 4.69) is 34.2 Å². The lowest BCUT2D eigenvalue weighted by molar-refractivity contribution is 0.0717. The molecule has 0 radical (unpaired) electrons. The number of aromatic nitrogens is 4. The fourth-order valence-electron chi connectivity index (χ4n) is 3.36. The fourth-order valence-corrected chi connectivity index (χ4v) is 3.36. The summed E-state index contributed by atoms with van der Waals surface area (Å²) >= 11 is 0. The van der Waals surface area contributed by atoms with E-state index < -0.39 is 0 Å². The number of ether oxygens (including phenoxy) is 1. The Hall–Kier alpha value is -2.64. The Bertz CT molecular complexity index is 782. The predicted molar refractivity (Wildman–Crippen MR) is 103 cm³/mol. The van der Waals surface area contributed by atoms with Crippen molar-refractivity contribution in [3.05, 3.63) is 29.7 Å². The zero-order valence-electron chi connectivity index (χ0n) is 16.5. The molecule has 8 heteroatoms. The number of hydrogen-bond acceptors (Lipinski definition) is 6. The third kappa shape index (κ3) is 4.20. The van der Waals surface area contributed by atoms with Gasteiger partial charge < -0.3 is 15.0 Å². The molecule has 146 valence electrons. The largest absolute Gasteiger partial charge is 0.481 e. The lowest BCUT2D eigenvalue weighted by atomic mass is 10.0. The third-order valence-electron chi connectivity index (χ3n) is 5.24. The van der Waals surface area contributed by atoms with Crippen molar-refractivity contribution in [1.82, 2.24) is 24.6 Å². The molecule has 1 aliphatic heterocycles. The number of hydrogen-bond donors (Lipinski definition) is 1. The minimum Gasteiger partial charge on any atom is -0.481 e. The van der Waals surface area contributed by atoms with Crippen LogP contribution >= 0.6 is 0 Å². The minimum atomic E-state index is 0.0677. The van der Waals surface area contributed by atoms with Gasteiger partial charge in [0, 0.05) is 43.1 Å². The highest BCUT2D eigenvalue weighted by Gasteiger charge is 2.26. The van der Waals surface area contributed by atoms with Gasteiger partial charge in [0.1, 0.15) is 0 Å². The Labute approximate surface area is 159 Å². The number of anilines is 1. The lowest BCUT2D eigenvalue weighted by Gasteiger charge is -2.32. The number of amides is 1. The number of piperidine rings is 1. The molecule has 1 fully saturated rings. The van der Waals surface area contributed by atoms with Crippen LogP contribution in [0.15, 0.2) is 18.5 Å². The Morgan fingerprint density at radius 2 is 2.15 bits per heavy atom. The van der Waals surface area contributed by atoms with E-state index in [9.17, 15) is 4.79 Å². The topological polar surface area (TPSA) is 85.2 Å². The van der Waals surface area contributed by atoms with Crippen molar-refractivity contribution in [2.24, 2.45) is 0 Å². The van der Waals surface area contributed by atoms with Gasteiger partial charge in [-0.25, -0.2) is 4.98 Å². The summed E-state index contributed by atoms with van der Waals surface area (Å²) in [7, 11) is 1.58. The van der Waals surface area contributed by atoms with Gasteiger partial charge in [-0.3, -0.25) is 9.48 Å². The molecule has 1 aliphatic rings. The van der Waals surface area contributed by atoms with E-state index in [-0.39, 0.29) is 11.9 Å². The molecule has 0 aliphatic carbocycles. The average molecular weight is 372 g/mol. The molecule has 3 heterocycles. The third-order valence-corrected chi connectivity index (χ3v) is 5.24. The molecule has 3 rings (SSSR count). The maximum absolute atomic E-state index is 12.9. The van der Waals surface area contributed by atoms with E-state index >= 15 is 0 Å². The van der Waals surface area contributed by atoms with Crippen LogP contribution in [-0.4, -0.2) is 56.8 Å². The second kappa shape index (κ2) is 8.37. The van der Waals surface area contributed by atoms with Crippen LogP contribution in [-0.2, 0) is 0 Å². The van der Waals surface area contributed by atoms with E-state index in [4.69, 9.17) is 4.74 Å². The number of methoxy groups -OCH3 is 1. The molecule has 1 atom stereocenters. The quantitative estimate of drug-likeness (QED) is 0.839.